The molecule has 10 heteroatoms. The predicted octanol–water partition coefficient (Wildman–Crippen LogP) is 4.72. The molecule has 188 valence electrons. The number of halogens is 2. The Hall–Kier alpha value is -4.21. The fourth-order valence-corrected chi connectivity index (χ4v) is 3.62. The first kappa shape index (κ1) is 24.9. The van der Waals surface area contributed by atoms with E-state index in [1.807, 2.05) is 32.9 Å². The van der Waals surface area contributed by atoms with Gasteiger partial charge in [-0.25, -0.2) is 0 Å². The lowest BCUT2D eigenvalue weighted by atomic mass is 10.1. The van der Waals surface area contributed by atoms with Crippen LogP contribution in [0.3, 0.4) is 0 Å². The lowest BCUT2D eigenvalue weighted by Crippen LogP contribution is -2.41. The van der Waals surface area contributed by atoms with E-state index in [0.717, 1.165) is 5.56 Å². The maximum atomic E-state index is 13.3. The Morgan fingerprint density at radius 2 is 1.75 bits per heavy atom. The minimum atomic E-state index is -3.73. The molecule has 0 atom stereocenters. The van der Waals surface area contributed by atoms with Crippen molar-refractivity contribution >= 4 is 23.2 Å². The molecule has 4 rings (SSSR count). The first-order chi connectivity index (χ1) is 17.0. The van der Waals surface area contributed by atoms with Gasteiger partial charge in [-0.1, -0.05) is 12.1 Å². The fraction of sp³-hybridized carbons (Fsp3) is 0.269. The van der Waals surface area contributed by atoms with E-state index in [9.17, 15) is 18.4 Å². The number of fused-ring (bicyclic) bond motifs is 1. The number of nitrogens with one attached hydrogen (secondary N) is 3. The second-order valence-electron chi connectivity index (χ2n) is 9.31. The lowest BCUT2D eigenvalue weighted by Gasteiger charge is -2.20. The van der Waals surface area contributed by atoms with Crippen LogP contribution in [0.4, 0.5) is 20.2 Å². The minimum absolute atomic E-state index is 0.104. The Bertz CT molecular complexity index is 1290. The Morgan fingerprint density at radius 3 is 2.53 bits per heavy atom. The van der Waals surface area contributed by atoms with Gasteiger partial charge in [0.05, 0.1) is 12.0 Å². The minimum Gasteiger partial charge on any atom is -0.395 e. The smallest absolute Gasteiger partial charge is 0.395 e. The summed E-state index contributed by atoms with van der Waals surface area (Å²) in [5, 5.41) is 8.84. The molecule has 0 fully saturated rings. The molecule has 0 saturated carbocycles. The summed E-state index contributed by atoms with van der Waals surface area (Å²) in [6.45, 7) is 6.13. The SMILES string of the molecule is CC(C)(C)NC(=O)Cc1cc(CNc2ccccc2C(=O)Nc2ccc3c(c2)OC(F)(F)O3)ccn1. The van der Waals surface area contributed by atoms with Gasteiger partial charge in [-0.3, -0.25) is 14.6 Å². The molecular weight excluding hydrogens is 470 g/mol. The molecule has 1 aromatic heterocycles. The van der Waals surface area contributed by atoms with Crippen molar-refractivity contribution < 1.29 is 27.8 Å². The van der Waals surface area contributed by atoms with Gasteiger partial charge in [0.15, 0.2) is 11.5 Å². The Morgan fingerprint density at radius 1 is 1.00 bits per heavy atom. The third-order valence-corrected chi connectivity index (χ3v) is 5.05. The normalized spacial score (nSPS) is 13.7. The lowest BCUT2D eigenvalue weighted by molar-refractivity contribution is -0.286. The number of benzene rings is 2. The molecule has 3 N–H and O–H groups in total. The molecule has 0 saturated heterocycles. The summed E-state index contributed by atoms with van der Waals surface area (Å²) in [4.78, 5) is 29.4. The average Bonchev–Trinajstić information content (AvgIpc) is 3.10. The first-order valence-electron chi connectivity index (χ1n) is 11.3. The molecule has 0 unspecified atom stereocenters. The molecule has 2 aromatic carbocycles. The largest absolute Gasteiger partial charge is 0.586 e. The van der Waals surface area contributed by atoms with Crippen LogP contribution in [-0.2, 0) is 17.8 Å². The van der Waals surface area contributed by atoms with Crippen LogP contribution in [0, 0.1) is 0 Å². The van der Waals surface area contributed by atoms with Gasteiger partial charge < -0.3 is 25.4 Å². The van der Waals surface area contributed by atoms with Crippen LogP contribution in [0.25, 0.3) is 0 Å². The summed E-state index contributed by atoms with van der Waals surface area (Å²) in [7, 11) is 0. The monoisotopic (exact) mass is 496 g/mol. The van der Waals surface area contributed by atoms with Crippen molar-refractivity contribution in [1.29, 1.82) is 0 Å². The number of hydrogen-bond donors (Lipinski definition) is 3. The van der Waals surface area contributed by atoms with Crippen molar-refractivity contribution in [3.8, 4) is 11.5 Å². The standard InChI is InChI=1S/C26H26F2N4O4/c1-25(2,3)32-23(33)14-18-12-16(10-11-29-18)15-30-20-7-5-4-6-19(20)24(34)31-17-8-9-21-22(13-17)36-26(27,28)35-21/h4-13,30H,14-15H2,1-3H3,(H,31,34)(H,32,33). The van der Waals surface area contributed by atoms with Crippen molar-refractivity contribution in [2.45, 2.75) is 45.6 Å². The molecular formula is C26H26F2N4O4. The summed E-state index contributed by atoms with van der Waals surface area (Å²) >= 11 is 0. The molecule has 36 heavy (non-hydrogen) atoms. The van der Waals surface area contributed by atoms with Crippen molar-refractivity contribution in [3.63, 3.8) is 0 Å². The number of para-hydroxylation sites is 1. The summed E-state index contributed by atoms with van der Waals surface area (Å²) in [5.41, 5.74) is 2.41. The van der Waals surface area contributed by atoms with Crippen molar-refractivity contribution in [3.05, 3.63) is 77.6 Å². The molecule has 1 aliphatic heterocycles. The van der Waals surface area contributed by atoms with E-state index in [-0.39, 0.29) is 35.1 Å². The van der Waals surface area contributed by atoms with E-state index in [1.165, 1.54) is 18.2 Å². The van der Waals surface area contributed by atoms with Crippen LogP contribution in [0.1, 0.15) is 42.4 Å². The number of anilines is 2. The second kappa shape index (κ2) is 9.80. The van der Waals surface area contributed by atoms with E-state index < -0.39 is 12.2 Å². The van der Waals surface area contributed by atoms with E-state index in [1.54, 1.807) is 30.5 Å². The molecule has 2 amide bonds. The number of ether oxygens (including phenoxy) is 2. The zero-order valence-electron chi connectivity index (χ0n) is 20.0. The van der Waals surface area contributed by atoms with E-state index >= 15 is 0 Å². The third kappa shape index (κ3) is 6.47. The Labute approximate surface area is 207 Å². The maximum Gasteiger partial charge on any atom is 0.586 e. The molecule has 1 aliphatic rings. The zero-order chi connectivity index (χ0) is 25.9. The highest BCUT2D eigenvalue weighted by molar-refractivity contribution is 6.08. The fourth-order valence-electron chi connectivity index (χ4n) is 3.62. The highest BCUT2D eigenvalue weighted by Gasteiger charge is 2.43. The molecule has 8 nitrogen and oxygen atoms in total. The molecule has 2 heterocycles. The number of hydrogen-bond acceptors (Lipinski definition) is 6. The molecule has 3 aromatic rings. The van der Waals surface area contributed by atoms with Crippen LogP contribution >= 0.6 is 0 Å². The summed E-state index contributed by atoms with van der Waals surface area (Å²) in [6, 6.07) is 14.6. The van der Waals surface area contributed by atoms with Crippen molar-refractivity contribution in [2.75, 3.05) is 10.6 Å². The van der Waals surface area contributed by atoms with Crippen LogP contribution in [0.15, 0.2) is 60.8 Å². The zero-order valence-corrected chi connectivity index (χ0v) is 20.0. The number of carbonyl (C=O) groups excluding carboxylic acids is 2. The number of carbonyl (C=O) groups is 2. The van der Waals surface area contributed by atoms with Crippen LogP contribution < -0.4 is 25.4 Å². The van der Waals surface area contributed by atoms with Gasteiger partial charge in [-0.2, -0.15) is 0 Å². The average molecular weight is 497 g/mol. The summed E-state index contributed by atoms with van der Waals surface area (Å²) < 4.78 is 35.3. The van der Waals surface area contributed by atoms with Gasteiger partial charge in [0.2, 0.25) is 5.91 Å². The van der Waals surface area contributed by atoms with Gasteiger partial charge >= 0.3 is 6.29 Å². The number of pyridine rings is 1. The Kier molecular flexibility index (Phi) is 6.78. The topological polar surface area (TPSA) is 102 Å². The van der Waals surface area contributed by atoms with Gasteiger partial charge in [0.25, 0.3) is 5.91 Å². The predicted molar refractivity (Wildman–Crippen MR) is 130 cm³/mol. The summed E-state index contributed by atoms with van der Waals surface area (Å²) in [5.74, 6) is -0.811. The van der Waals surface area contributed by atoms with Crippen LogP contribution in [0.2, 0.25) is 0 Å². The number of nitrogens with zero attached hydrogens (tertiary/aromatic N) is 1. The van der Waals surface area contributed by atoms with E-state index in [2.05, 4.69) is 30.4 Å². The molecule has 0 spiro atoms. The van der Waals surface area contributed by atoms with Crippen LogP contribution in [0.5, 0.6) is 11.5 Å². The quantitative estimate of drug-likeness (QED) is 0.437. The van der Waals surface area contributed by atoms with Crippen molar-refractivity contribution in [1.82, 2.24) is 10.3 Å². The second-order valence-corrected chi connectivity index (χ2v) is 9.31. The van der Waals surface area contributed by atoms with E-state index in [0.29, 0.717) is 23.5 Å². The maximum absolute atomic E-state index is 13.3. The van der Waals surface area contributed by atoms with E-state index in [4.69, 9.17) is 0 Å². The highest BCUT2D eigenvalue weighted by Crippen LogP contribution is 2.42. The van der Waals surface area contributed by atoms with Gasteiger partial charge in [0.1, 0.15) is 0 Å². The van der Waals surface area contributed by atoms with Crippen LogP contribution in [-0.4, -0.2) is 28.6 Å². The molecule has 0 radical (unpaired) electrons. The highest BCUT2D eigenvalue weighted by atomic mass is 19.3. The number of alkyl halides is 2. The number of rotatable bonds is 7. The van der Waals surface area contributed by atoms with Gasteiger partial charge in [0, 0.05) is 41.4 Å². The number of amides is 2. The molecule has 0 aliphatic carbocycles. The van der Waals surface area contributed by atoms with Crippen molar-refractivity contribution in [2.24, 2.45) is 0 Å². The molecule has 0 bridgehead atoms. The number of aromatic nitrogens is 1. The first-order valence-corrected chi connectivity index (χ1v) is 11.3. The van der Waals surface area contributed by atoms with Gasteiger partial charge in [-0.15, -0.1) is 8.78 Å². The summed E-state index contributed by atoms with van der Waals surface area (Å²) in [6.07, 6.45) is -1.94. The van der Waals surface area contributed by atoms with Gasteiger partial charge in [-0.05, 0) is 62.7 Å². The third-order valence-electron chi connectivity index (χ3n) is 5.05. The Balaban J connectivity index is 1.41.